The molecule has 0 radical (unpaired) electrons. The summed E-state index contributed by atoms with van der Waals surface area (Å²) in [5.74, 6) is 0.262. The summed E-state index contributed by atoms with van der Waals surface area (Å²) in [5, 5.41) is 0. The molecule has 0 amide bonds. The van der Waals surface area contributed by atoms with Gasteiger partial charge < -0.3 is 4.57 Å². The third-order valence-corrected chi connectivity index (χ3v) is 4.16. The van der Waals surface area contributed by atoms with Crippen LogP contribution in [-0.2, 0) is 13.0 Å². The highest BCUT2D eigenvalue weighted by Gasteiger charge is 2.33. The Bertz CT molecular complexity index is 696. The smallest absolute Gasteiger partial charge is 0.165 e. The first-order valence-corrected chi connectivity index (χ1v) is 7.35. The molecule has 2 aromatic rings. The van der Waals surface area contributed by atoms with Gasteiger partial charge in [0.2, 0.25) is 0 Å². The van der Waals surface area contributed by atoms with Gasteiger partial charge in [0.1, 0.15) is 0 Å². The molecule has 1 aliphatic rings. The van der Waals surface area contributed by atoms with Crippen LogP contribution in [0.2, 0.25) is 0 Å². The Labute approximate surface area is 125 Å². The van der Waals surface area contributed by atoms with Crippen molar-refractivity contribution in [3.05, 3.63) is 46.8 Å². The Balaban J connectivity index is 2.00. The van der Waals surface area contributed by atoms with Crippen LogP contribution in [0.5, 0.6) is 0 Å². The van der Waals surface area contributed by atoms with Crippen LogP contribution in [0.1, 0.15) is 53.4 Å². The lowest BCUT2D eigenvalue weighted by Crippen LogP contribution is -2.28. The van der Waals surface area contributed by atoms with E-state index in [4.69, 9.17) is 0 Å². The monoisotopic (exact) mass is 283 g/mol. The molecule has 2 heterocycles. The van der Waals surface area contributed by atoms with Gasteiger partial charge >= 0.3 is 0 Å². The Morgan fingerprint density at radius 1 is 1.19 bits per heavy atom. The predicted octanol–water partition coefficient (Wildman–Crippen LogP) is 3.10. The van der Waals surface area contributed by atoms with E-state index in [1.165, 1.54) is 0 Å². The standard InChI is InChI=1S/C17H21N3O/c1-11-8-19-13(9-18-11)10-20-12(2)5-14-15(20)6-17(3,4)7-16(14)21/h5,8-9H,6-7,10H2,1-4H3. The quantitative estimate of drug-likeness (QED) is 0.851. The maximum atomic E-state index is 12.3. The number of carbonyl (C=O) groups is 1. The Morgan fingerprint density at radius 2 is 1.95 bits per heavy atom. The fourth-order valence-electron chi connectivity index (χ4n) is 3.09. The van der Waals surface area contributed by atoms with Crippen LogP contribution in [-0.4, -0.2) is 20.3 Å². The number of hydrogen-bond acceptors (Lipinski definition) is 3. The second kappa shape index (κ2) is 4.79. The third-order valence-electron chi connectivity index (χ3n) is 4.16. The van der Waals surface area contributed by atoms with Gasteiger partial charge in [-0.2, -0.15) is 0 Å². The number of Topliss-reactive ketones (excluding diaryl/α,β-unsaturated/α-hetero) is 1. The summed E-state index contributed by atoms with van der Waals surface area (Å²) in [5.41, 5.74) is 5.04. The molecule has 0 bridgehead atoms. The van der Waals surface area contributed by atoms with Crippen molar-refractivity contribution in [1.29, 1.82) is 0 Å². The Kier molecular flexibility index (Phi) is 3.19. The number of rotatable bonds is 2. The summed E-state index contributed by atoms with van der Waals surface area (Å²) in [6.07, 6.45) is 5.17. The van der Waals surface area contributed by atoms with Crippen molar-refractivity contribution in [3.63, 3.8) is 0 Å². The molecule has 0 N–H and O–H groups in total. The summed E-state index contributed by atoms with van der Waals surface area (Å²) in [6, 6.07) is 2.02. The van der Waals surface area contributed by atoms with Gasteiger partial charge in [-0.3, -0.25) is 14.8 Å². The predicted molar refractivity (Wildman–Crippen MR) is 81.5 cm³/mol. The van der Waals surface area contributed by atoms with Crippen molar-refractivity contribution in [3.8, 4) is 0 Å². The third kappa shape index (κ3) is 2.62. The van der Waals surface area contributed by atoms with E-state index < -0.39 is 0 Å². The number of hydrogen-bond donors (Lipinski definition) is 0. The van der Waals surface area contributed by atoms with Crippen molar-refractivity contribution >= 4 is 5.78 Å². The highest BCUT2D eigenvalue weighted by atomic mass is 16.1. The summed E-state index contributed by atoms with van der Waals surface area (Å²) in [6.45, 7) is 8.98. The van der Waals surface area contributed by atoms with Gasteiger partial charge in [0, 0.05) is 29.6 Å². The van der Waals surface area contributed by atoms with E-state index >= 15 is 0 Å². The van der Waals surface area contributed by atoms with Crippen LogP contribution in [0.4, 0.5) is 0 Å². The maximum Gasteiger partial charge on any atom is 0.165 e. The lowest BCUT2D eigenvalue weighted by molar-refractivity contribution is 0.0910. The topological polar surface area (TPSA) is 47.8 Å². The molecule has 3 rings (SSSR count). The number of carbonyl (C=O) groups excluding carboxylic acids is 1. The number of fused-ring (bicyclic) bond motifs is 1. The highest BCUT2D eigenvalue weighted by molar-refractivity contribution is 5.99. The summed E-state index contributed by atoms with van der Waals surface area (Å²) < 4.78 is 2.22. The van der Waals surface area contributed by atoms with Crippen molar-refractivity contribution in [1.82, 2.24) is 14.5 Å². The number of ketones is 1. The van der Waals surface area contributed by atoms with Crippen molar-refractivity contribution < 1.29 is 4.79 Å². The van der Waals surface area contributed by atoms with Crippen LogP contribution >= 0.6 is 0 Å². The van der Waals surface area contributed by atoms with E-state index in [1.807, 2.05) is 19.2 Å². The first-order chi connectivity index (χ1) is 9.85. The largest absolute Gasteiger partial charge is 0.342 e. The van der Waals surface area contributed by atoms with E-state index in [0.29, 0.717) is 13.0 Å². The van der Waals surface area contributed by atoms with E-state index in [2.05, 4.69) is 35.3 Å². The summed E-state index contributed by atoms with van der Waals surface area (Å²) in [7, 11) is 0. The summed E-state index contributed by atoms with van der Waals surface area (Å²) in [4.78, 5) is 21.1. The second-order valence-electron chi connectivity index (χ2n) is 6.82. The molecule has 0 atom stereocenters. The minimum atomic E-state index is 0.0333. The minimum absolute atomic E-state index is 0.0333. The molecule has 2 aromatic heterocycles. The van der Waals surface area contributed by atoms with Gasteiger partial charge in [0.25, 0.3) is 0 Å². The van der Waals surface area contributed by atoms with Crippen LogP contribution in [0.25, 0.3) is 0 Å². The molecule has 0 aromatic carbocycles. The molecule has 0 fully saturated rings. The van der Waals surface area contributed by atoms with Crippen LogP contribution < -0.4 is 0 Å². The van der Waals surface area contributed by atoms with Crippen LogP contribution in [0.15, 0.2) is 18.5 Å². The molecule has 0 aliphatic heterocycles. The zero-order valence-electron chi connectivity index (χ0n) is 13.1. The Morgan fingerprint density at radius 3 is 2.62 bits per heavy atom. The van der Waals surface area contributed by atoms with Gasteiger partial charge in [-0.05, 0) is 31.7 Å². The van der Waals surface area contributed by atoms with Gasteiger partial charge in [0.05, 0.1) is 24.1 Å². The zero-order chi connectivity index (χ0) is 15.2. The van der Waals surface area contributed by atoms with E-state index in [0.717, 1.165) is 34.8 Å². The number of nitrogens with zero attached hydrogens (tertiary/aromatic N) is 3. The molecule has 4 heteroatoms. The molecule has 21 heavy (non-hydrogen) atoms. The number of aryl methyl sites for hydroxylation is 2. The normalized spacial score (nSPS) is 16.9. The summed E-state index contributed by atoms with van der Waals surface area (Å²) >= 11 is 0. The van der Waals surface area contributed by atoms with Crippen molar-refractivity contribution in [2.24, 2.45) is 5.41 Å². The number of aromatic nitrogens is 3. The van der Waals surface area contributed by atoms with E-state index in [9.17, 15) is 4.79 Å². The molecular weight excluding hydrogens is 262 g/mol. The second-order valence-corrected chi connectivity index (χ2v) is 6.82. The van der Waals surface area contributed by atoms with Gasteiger partial charge in [-0.15, -0.1) is 0 Å². The molecule has 110 valence electrons. The first-order valence-electron chi connectivity index (χ1n) is 7.35. The van der Waals surface area contributed by atoms with E-state index in [1.54, 1.807) is 6.20 Å². The minimum Gasteiger partial charge on any atom is -0.342 e. The van der Waals surface area contributed by atoms with Crippen molar-refractivity contribution in [2.75, 3.05) is 0 Å². The average molecular weight is 283 g/mol. The average Bonchev–Trinajstić information content (AvgIpc) is 2.69. The highest BCUT2D eigenvalue weighted by Crippen LogP contribution is 2.36. The molecule has 0 saturated heterocycles. The molecule has 4 nitrogen and oxygen atoms in total. The molecular formula is C17H21N3O. The van der Waals surface area contributed by atoms with Crippen LogP contribution in [0, 0.1) is 19.3 Å². The van der Waals surface area contributed by atoms with Crippen molar-refractivity contribution in [2.45, 2.75) is 47.1 Å². The molecule has 0 saturated carbocycles. The fourth-order valence-corrected chi connectivity index (χ4v) is 3.09. The lowest BCUT2D eigenvalue weighted by atomic mass is 9.76. The fraction of sp³-hybridized carbons (Fsp3) is 0.471. The SMILES string of the molecule is Cc1cnc(Cn2c(C)cc3c2CC(C)(C)CC3=O)cn1. The molecule has 0 spiro atoms. The lowest BCUT2D eigenvalue weighted by Gasteiger charge is -2.29. The van der Waals surface area contributed by atoms with Gasteiger partial charge in [-0.1, -0.05) is 13.8 Å². The van der Waals surface area contributed by atoms with Crippen LogP contribution in [0.3, 0.4) is 0 Å². The first kappa shape index (κ1) is 14.0. The van der Waals surface area contributed by atoms with Gasteiger partial charge in [-0.25, -0.2) is 0 Å². The van der Waals surface area contributed by atoms with Gasteiger partial charge in [0.15, 0.2) is 5.78 Å². The Hall–Kier alpha value is -1.97. The zero-order valence-corrected chi connectivity index (χ0v) is 13.1. The maximum absolute atomic E-state index is 12.3. The van der Waals surface area contributed by atoms with E-state index in [-0.39, 0.29) is 11.2 Å². The molecule has 0 unspecified atom stereocenters. The molecule has 1 aliphatic carbocycles.